The number of phenolic OH excluding ortho intramolecular Hbond substituents is 1. The molecule has 2 N–H and O–H groups in total. The molecule has 122 valence electrons. The summed E-state index contributed by atoms with van der Waals surface area (Å²) >= 11 is 1.54. The van der Waals surface area contributed by atoms with Crippen molar-refractivity contribution in [2.24, 2.45) is 0 Å². The Balaban J connectivity index is 0.00000169. The number of rotatable bonds is 3. The fourth-order valence-corrected chi connectivity index (χ4v) is 3.25. The monoisotopic (exact) mass is 402 g/mol. The van der Waals surface area contributed by atoms with E-state index >= 15 is 0 Å². The Kier molecular flexibility index (Phi) is 4.55. The van der Waals surface area contributed by atoms with Crippen molar-refractivity contribution in [1.29, 1.82) is 0 Å². The normalized spacial score (nSPS) is 10.5. The third kappa shape index (κ3) is 3.00. The maximum atomic E-state index is 9.33. The van der Waals surface area contributed by atoms with Gasteiger partial charge < -0.3 is 10.4 Å². The van der Waals surface area contributed by atoms with Crippen LogP contribution in [0.15, 0.2) is 54.0 Å². The van der Waals surface area contributed by atoms with E-state index < -0.39 is 0 Å². The number of aromatic nitrogens is 3. The number of imidazole rings is 1. The lowest BCUT2D eigenvalue weighted by atomic mass is 10.3. The van der Waals surface area contributed by atoms with E-state index in [9.17, 15) is 5.11 Å². The number of pyridine rings is 1. The van der Waals surface area contributed by atoms with Crippen LogP contribution in [0.5, 0.6) is 5.75 Å². The van der Waals surface area contributed by atoms with Crippen LogP contribution in [0.1, 0.15) is 5.69 Å². The molecule has 24 heavy (non-hydrogen) atoms. The van der Waals surface area contributed by atoms with Crippen LogP contribution in [0.2, 0.25) is 0 Å². The molecule has 1 aromatic carbocycles. The zero-order chi connectivity index (χ0) is 15.8. The van der Waals surface area contributed by atoms with E-state index in [2.05, 4.69) is 19.7 Å². The smallest absolute Gasteiger partial charge is 0.187 e. The van der Waals surface area contributed by atoms with Crippen LogP contribution in [0, 0.1) is 6.92 Å². The Hall–Kier alpha value is -2.38. The summed E-state index contributed by atoms with van der Waals surface area (Å²) in [5, 5.41) is 15.4. The molecule has 0 atom stereocenters. The highest BCUT2D eigenvalue weighted by Gasteiger charge is 2.13. The third-order valence-corrected chi connectivity index (χ3v) is 4.33. The van der Waals surface area contributed by atoms with Crippen LogP contribution >= 0.6 is 28.3 Å². The molecule has 4 rings (SSSR count). The van der Waals surface area contributed by atoms with Crippen LogP contribution in [0.3, 0.4) is 0 Å². The van der Waals surface area contributed by atoms with Gasteiger partial charge in [0, 0.05) is 17.3 Å². The van der Waals surface area contributed by atoms with E-state index in [4.69, 9.17) is 0 Å². The number of anilines is 2. The number of fused-ring (bicyclic) bond motifs is 1. The number of nitrogens with zero attached hydrogens (tertiary/aromatic N) is 3. The average molecular weight is 403 g/mol. The van der Waals surface area contributed by atoms with Gasteiger partial charge in [-0.15, -0.1) is 28.3 Å². The fraction of sp³-hybridized carbons (Fsp3) is 0.0588. The van der Waals surface area contributed by atoms with E-state index in [1.165, 1.54) is 11.3 Å². The first kappa shape index (κ1) is 16.5. The molecule has 0 aliphatic heterocycles. The average Bonchev–Trinajstić information content (AvgIpc) is 3.12. The highest BCUT2D eigenvalue weighted by molar-refractivity contribution is 8.93. The molecule has 3 heterocycles. The van der Waals surface area contributed by atoms with Gasteiger partial charge in [-0.25, -0.2) is 9.97 Å². The number of nitrogens with one attached hydrogen (secondary N) is 1. The molecule has 4 aromatic rings. The molecule has 5 nitrogen and oxygen atoms in total. The van der Waals surface area contributed by atoms with E-state index in [0.717, 1.165) is 33.5 Å². The van der Waals surface area contributed by atoms with E-state index in [1.807, 2.05) is 48.8 Å². The maximum Gasteiger partial charge on any atom is 0.187 e. The van der Waals surface area contributed by atoms with Gasteiger partial charge in [0.15, 0.2) is 5.13 Å². The first-order chi connectivity index (χ1) is 11.2. The minimum absolute atomic E-state index is 0. The van der Waals surface area contributed by atoms with Crippen LogP contribution < -0.4 is 5.32 Å². The van der Waals surface area contributed by atoms with E-state index in [-0.39, 0.29) is 22.7 Å². The van der Waals surface area contributed by atoms with Gasteiger partial charge in [-0.05, 0) is 43.3 Å². The molecule has 0 radical (unpaired) electrons. The van der Waals surface area contributed by atoms with Crippen molar-refractivity contribution in [2.45, 2.75) is 6.92 Å². The van der Waals surface area contributed by atoms with Crippen LogP contribution in [0.4, 0.5) is 10.8 Å². The molecule has 0 aliphatic carbocycles. The van der Waals surface area contributed by atoms with Gasteiger partial charge in [0.05, 0.1) is 11.4 Å². The Morgan fingerprint density at radius 2 is 1.88 bits per heavy atom. The Labute approximate surface area is 153 Å². The van der Waals surface area contributed by atoms with Crippen molar-refractivity contribution in [3.63, 3.8) is 0 Å². The molecule has 0 bridgehead atoms. The number of aromatic hydroxyl groups is 1. The summed E-state index contributed by atoms with van der Waals surface area (Å²) in [7, 11) is 0. The van der Waals surface area contributed by atoms with Crippen LogP contribution in [-0.4, -0.2) is 19.5 Å². The van der Waals surface area contributed by atoms with Crippen molar-refractivity contribution in [3.05, 3.63) is 59.7 Å². The zero-order valence-electron chi connectivity index (χ0n) is 12.8. The number of hydrogen-bond donors (Lipinski definition) is 2. The SMILES string of the molecule is Br.Cc1nc2ccccn2c1-c1csc(Nc2ccc(O)cc2)n1. The van der Waals surface area contributed by atoms with Crippen LogP contribution in [0.25, 0.3) is 17.0 Å². The largest absolute Gasteiger partial charge is 0.508 e. The van der Waals surface area contributed by atoms with Crippen LogP contribution in [-0.2, 0) is 0 Å². The lowest BCUT2D eigenvalue weighted by Gasteiger charge is -2.02. The van der Waals surface area contributed by atoms with E-state index in [1.54, 1.807) is 12.1 Å². The van der Waals surface area contributed by atoms with Gasteiger partial charge in [0.25, 0.3) is 0 Å². The first-order valence-electron chi connectivity index (χ1n) is 7.16. The Morgan fingerprint density at radius 1 is 1.08 bits per heavy atom. The maximum absolute atomic E-state index is 9.33. The molecule has 3 aromatic heterocycles. The van der Waals surface area contributed by atoms with Crippen molar-refractivity contribution in [1.82, 2.24) is 14.4 Å². The molecule has 0 saturated carbocycles. The molecule has 0 unspecified atom stereocenters. The minimum atomic E-state index is 0. The van der Waals surface area contributed by atoms with Gasteiger partial charge in [-0.3, -0.25) is 4.40 Å². The van der Waals surface area contributed by atoms with Gasteiger partial charge in [0.1, 0.15) is 17.1 Å². The van der Waals surface area contributed by atoms with Gasteiger partial charge >= 0.3 is 0 Å². The second kappa shape index (κ2) is 6.62. The molecule has 0 amide bonds. The molecule has 7 heteroatoms. The predicted octanol–water partition coefficient (Wildman–Crippen LogP) is 4.79. The lowest BCUT2D eigenvalue weighted by molar-refractivity contribution is 0.475. The van der Waals surface area contributed by atoms with Crippen molar-refractivity contribution < 1.29 is 5.11 Å². The summed E-state index contributed by atoms with van der Waals surface area (Å²) in [6, 6.07) is 12.9. The van der Waals surface area contributed by atoms with Crippen molar-refractivity contribution in [2.75, 3.05) is 5.32 Å². The summed E-state index contributed by atoms with van der Waals surface area (Å²) in [6.45, 7) is 1.99. The number of halogens is 1. The Morgan fingerprint density at radius 3 is 2.67 bits per heavy atom. The quantitative estimate of drug-likeness (QED) is 0.483. The van der Waals surface area contributed by atoms with Crippen molar-refractivity contribution in [3.8, 4) is 17.1 Å². The summed E-state index contributed by atoms with van der Waals surface area (Å²) in [6.07, 6.45) is 2.00. The topological polar surface area (TPSA) is 62.5 Å². The Bertz CT molecular complexity index is 978. The molecular formula is C17H15BrN4OS. The standard InChI is InChI=1S/C17H14N4OS.BrH/c1-11-16(21-9-3-2-4-15(21)18-11)14-10-23-17(20-14)19-12-5-7-13(22)8-6-12;/h2-10,22H,1H3,(H,19,20);1H. The number of benzene rings is 1. The molecule has 0 spiro atoms. The molecule has 0 fully saturated rings. The highest BCUT2D eigenvalue weighted by Crippen LogP contribution is 2.30. The summed E-state index contributed by atoms with van der Waals surface area (Å²) in [4.78, 5) is 9.24. The predicted molar refractivity (Wildman–Crippen MR) is 103 cm³/mol. The third-order valence-electron chi connectivity index (χ3n) is 3.57. The molecular weight excluding hydrogens is 388 g/mol. The summed E-state index contributed by atoms with van der Waals surface area (Å²) < 4.78 is 2.05. The zero-order valence-corrected chi connectivity index (χ0v) is 15.3. The number of thiazole rings is 1. The highest BCUT2D eigenvalue weighted by atomic mass is 79.9. The molecule has 0 aliphatic rings. The van der Waals surface area contributed by atoms with Gasteiger partial charge in [0.2, 0.25) is 0 Å². The fourth-order valence-electron chi connectivity index (χ4n) is 2.53. The number of hydrogen-bond acceptors (Lipinski definition) is 5. The second-order valence-corrected chi connectivity index (χ2v) is 6.04. The summed E-state index contributed by atoms with van der Waals surface area (Å²) in [5.41, 5.74) is 4.67. The minimum Gasteiger partial charge on any atom is -0.508 e. The van der Waals surface area contributed by atoms with Gasteiger partial charge in [-0.2, -0.15) is 0 Å². The molecule has 0 saturated heterocycles. The van der Waals surface area contributed by atoms with Crippen molar-refractivity contribution >= 4 is 44.8 Å². The van der Waals surface area contributed by atoms with E-state index in [0.29, 0.717) is 0 Å². The number of phenols is 1. The number of aryl methyl sites for hydroxylation is 1. The lowest BCUT2D eigenvalue weighted by Crippen LogP contribution is -1.91. The second-order valence-electron chi connectivity index (χ2n) is 5.18. The first-order valence-corrected chi connectivity index (χ1v) is 8.04. The van der Waals surface area contributed by atoms with Gasteiger partial charge in [-0.1, -0.05) is 6.07 Å². The summed E-state index contributed by atoms with van der Waals surface area (Å²) in [5.74, 6) is 0.247.